The maximum atomic E-state index is 12.4. The van der Waals surface area contributed by atoms with Crippen LogP contribution in [0.25, 0.3) is 10.6 Å². The lowest BCUT2D eigenvalue weighted by Crippen LogP contribution is -2.50. The first-order valence-electron chi connectivity index (χ1n) is 9.81. The van der Waals surface area contributed by atoms with Gasteiger partial charge >= 0.3 is 0 Å². The van der Waals surface area contributed by atoms with Gasteiger partial charge in [0.15, 0.2) is 6.61 Å². The number of pyridine rings is 1. The molecule has 0 radical (unpaired) electrons. The summed E-state index contributed by atoms with van der Waals surface area (Å²) >= 11 is 7.55. The summed E-state index contributed by atoms with van der Waals surface area (Å²) < 4.78 is 5.57. The largest absolute Gasteiger partial charge is 0.484 e. The summed E-state index contributed by atoms with van der Waals surface area (Å²) in [5, 5.41) is 1.64. The molecule has 2 aromatic heterocycles. The smallest absolute Gasteiger partial charge is 0.260 e. The van der Waals surface area contributed by atoms with Gasteiger partial charge in [-0.3, -0.25) is 4.79 Å². The van der Waals surface area contributed by atoms with E-state index in [2.05, 4.69) is 27.9 Å². The van der Waals surface area contributed by atoms with Gasteiger partial charge in [0.1, 0.15) is 16.6 Å². The molecule has 1 aromatic carbocycles. The molecule has 0 atom stereocenters. The number of nitrogens with zero attached hydrogens (tertiary/aromatic N) is 4. The highest BCUT2D eigenvalue weighted by Crippen LogP contribution is 2.28. The van der Waals surface area contributed by atoms with Crippen molar-refractivity contribution >= 4 is 34.7 Å². The van der Waals surface area contributed by atoms with Crippen LogP contribution in [0, 0.1) is 13.8 Å². The van der Waals surface area contributed by atoms with Gasteiger partial charge < -0.3 is 14.5 Å². The number of thiazole rings is 1. The molecule has 0 bridgehead atoms. The Kier molecular flexibility index (Phi) is 6.20. The van der Waals surface area contributed by atoms with E-state index in [1.165, 1.54) is 4.88 Å². The number of benzene rings is 1. The van der Waals surface area contributed by atoms with E-state index in [4.69, 9.17) is 16.3 Å². The number of amides is 1. The lowest BCUT2D eigenvalue weighted by molar-refractivity contribution is -0.133. The summed E-state index contributed by atoms with van der Waals surface area (Å²) in [6.07, 6.45) is 1.88. The standard InChI is InChI=1S/C22H23ClN4O2S/c1-15-16(2)30-22(25-15)17-3-8-20(24-13-17)26-9-11-27(12-10-26)21(28)14-29-19-6-4-18(23)5-7-19/h3-8,13H,9-12,14H2,1-2H3. The number of anilines is 1. The van der Waals surface area contributed by atoms with Gasteiger partial charge in [-0.05, 0) is 50.2 Å². The minimum atomic E-state index is -0.0117. The number of carbonyl (C=O) groups excluding carboxylic acids is 1. The van der Waals surface area contributed by atoms with Crippen molar-refractivity contribution in [3.63, 3.8) is 0 Å². The first-order valence-corrected chi connectivity index (χ1v) is 11.0. The van der Waals surface area contributed by atoms with Crippen molar-refractivity contribution in [1.29, 1.82) is 0 Å². The van der Waals surface area contributed by atoms with Crippen LogP contribution in [0.15, 0.2) is 42.6 Å². The summed E-state index contributed by atoms with van der Waals surface area (Å²) in [7, 11) is 0. The molecular formula is C22H23ClN4O2S. The van der Waals surface area contributed by atoms with Crippen LogP contribution in [0.4, 0.5) is 5.82 Å². The fourth-order valence-electron chi connectivity index (χ4n) is 3.25. The van der Waals surface area contributed by atoms with E-state index < -0.39 is 0 Å². The third-order valence-corrected chi connectivity index (χ3v) is 6.53. The molecule has 0 N–H and O–H groups in total. The normalized spacial score (nSPS) is 14.1. The highest BCUT2D eigenvalue weighted by molar-refractivity contribution is 7.15. The number of ether oxygens (including phenoxy) is 1. The molecular weight excluding hydrogens is 420 g/mol. The van der Waals surface area contributed by atoms with Crippen LogP contribution in [0.5, 0.6) is 5.75 Å². The van der Waals surface area contributed by atoms with Crippen LogP contribution in [0.2, 0.25) is 5.02 Å². The van der Waals surface area contributed by atoms with Crippen molar-refractivity contribution in [2.24, 2.45) is 0 Å². The molecule has 1 saturated heterocycles. The molecule has 8 heteroatoms. The summed E-state index contributed by atoms with van der Waals surface area (Å²) in [5.74, 6) is 1.55. The van der Waals surface area contributed by atoms with E-state index in [1.807, 2.05) is 24.1 Å². The van der Waals surface area contributed by atoms with Crippen molar-refractivity contribution in [1.82, 2.24) is 14.9 Å². The molecule has 4 rings (SSSR count). The summed E-state index contributed by atoms with van der Waals surface area (Å²) in [6, 6.07) is 11.1. The molecule has 1 fully saturated rings. The number of piperazine rings is 1. The molecule has 0 aliphatic carbocycles. The van der Waals surface area contributed by atoms with E-state index in [-0.39, 0.29) is 12.5 Å². The molecule has 1 aliphatic rings. The zero-order chi connectivity index (χ0) is 21.1. The lowest BCUT2D eigenvalue weighted by atomic mass is 10.2. The number of aryl methyl sites for hydroxylation is 2. The second kappa shape index (κ2) is 9.02. The predicted octanol–water partition coefficient (Wildman–Crippen LogP) is 4.20. The van der Waals surface area contributed by atoms with E-state index in [9.17, 15) is 4.79 Å². The summed E-state index contributed by atoms with van der Waals surface area (Å²) in [4.78, 5) is 26.9. The number of halogens is 1. The van der Waals surface area contributed by atoms with Crippen LogP contribution < -0.4 is 9.64 Å². The molecule has 1 amide bonds. The van der Waals surface area contributed by atoms with E-state index >= 15 is 0 Å². The van der Waals surface area contributed by atoms with Crippen LogP contribution in [0.3, 0.4) is 0 Å². The Balaban J connectivity index is 1.29. The number of hydrogen-bond donors (Lipinski definition) is 0. The number of carbonyl (C=O) groups is 1. The summed E-state index contributed by atoms with van der Waals surface area (Å²) in [6.45, 7) is 6.93. The zero-order valence-electron chi connectivity index (χ0n) is 17.0. The van der Waals surface area contributed by atoms with Crippen LogP contribution in [-0.4, -0.2) is 53.6 Å². The van der Waals surface area contributed by atoms with Gasteiger partial charge in [0.2, 0.25) is 0 Å². The van der Waals surface area contributed by atoms with Gasteiger partial charge in [0.25, 0.3) is 5.91 Å². The topological polar surface area (TPSA) is 58.6 Å². The molecule has 3 heterocycles. The number of rotatable bonds is 5. The Morgan fingerprint density at radius 1 is 1.10 bits per heavy atom. The maximum absolute atomic E-state index is 12.4. The van der Waals surface area contributed by atoms with Gasteiger partial charge in [0, 0.05) is 47.8 Å². The molecule has 3 aromatic rings. The third kappa shape index (κ3) is 4.74. The highest BCUT2D eigenvalue weighted by Gasteiger charge is 2.22. The second-order valence-electron chi connectivity index (χ2n) is 7.18. The minimum absolute atomic E-state index is 0.0117. The fourth-order valence-corrected chi connectivity index (χ4v) is 4.28. The van der Waals surface area contributed by atoms with Gasteiger partial charge in [-0.25, -0.2) is 9.97 Å². The Morgan fingerprint density at radius 2 is 1.83 bits per heavy atom. The Labute approximate surface area is 185 Å². The molecule has 156 valence electrons. The quantitative estimate of drug-likeness (QED) is 0.592. The van der Waals surface area contributed by atoms with E-state index in [1.54, 1.807) is 35.6 Å². The van der Waals surface area contributed by atoms with E-state index in [0.717, 1.165) is 35.2 Å². The average molecular weight is 443 g/mol. The first-order chi connectivity index (χ1) is 14.5. The molecule has 30 heavy (non-hydrogen) atoms. The third-order valence-electron chi connectivity index (χ3n) is 5.16. The van der Waals surface area contributed by atoms with Crippen LogP contribution in [0.1, 0.15) is 10.6 Å². The average Bonchev–Trinajstić information content (AvgIpc) is 3.12. The Morgan fingerprint density at radius 3 is 2.43 bits per heavy atom. The van der Waals surface area contributed by atoms with Gasteiger partial charge in [-0.2, -0.15) is 0 Å². The van der Waals surface area contributed by atoms with Gasteiger partial charge in [-0.1, -0.05) is 11.6 Å². The van der Waals surface area contributed by atoms with Crippen molar-refractivity contribution in [2.45, 2.75) is 13.8 Å². The minimum Gasteiger partial charge on any atom is -0.484 e. The van der Waals surface area contributed by atoms with Gasteiger partial charge in [-0.15, -0.1) is 11.3 Å². The van der Waals surface area contributed by atoms with Crippen molar-refractivity contribution < 1.29 is 9.53 Å². The number of aromatic nitrogens is 2. The first kappa shape index (κ1) is 20.6. The van der Waals surface area contributed by atoms with Gasteiger partial charge in [0.05, 0.1) is 5.69 Å². The van der Waals surface area contributed by atoms with Crippen molar-refractivity contribution in [3.05, 3.63) is 58.2 Å². The van der Waals surface area contributed by atoms with Crippen molar-refractivity contribution in [2.75, 3.05) is 37.7 Å². The maximum Gasteiger partial charge on any atom is 0.260 e. The van der Waals surface area contributed by atoms with Crippen molar-refractivity contribution in [3.8, 4) is 16.3 Å². The highest BCUT2D eigenvalue weighted by atomic mass is 35.5. The monoisotopic (exact) mass is 442 g/mol. The number of hydrogen-bond acceptors (Lipinski definition) is 6. The van der Waals surface area contributed by atoms with Crippen LogP contribution in [-0.2, 0) is 4.79 Å². The lowest BCUT2D eigenvalue weighted by Gasteiger charge is -2.35. The SMILES string of the molecule is Cc1nc(-c2ccc(N3CCN(C(=O)COc4ccc(Cl)cc4)CC3)nc2)sc1C. The molecule has 0 unspecified atom stereocenters. The van der Waals surface area contributed by atoms with Crippen LogP contribution >= 0.6 is 22.9 Å². The summed E-state index contributed by atoms with van der Waals surface area (Å²) in [5.41, 5.74) is 2.10. The fraction of sp³-hybridized carbons (Fsp3) is 0.318. The second-order valence-corrected chi connectivity index (χ2v) is 8.82. The zero-order valence-corrected chi connectivity index (χ0v) is 18.5. The molecule has 0 spiro atoms. The molecule has 1 aliphatic heterocycles. The molecule has 0 saturated carbocycles. The Bertz CT molecular complexity index is 993. The molecule has 6 nitrogen and oxygen atoms in total. The Hall–Kier alpha value is -2.64. The van der Waals surface area contributed by atoms with E-state index in [0.29, 0.717) is 23.9 Å². The predicted molar refractivity (Wildman–Crippen MR) is 121 cm³/mol.